The molecular formula is C28H26ClFN2O2. The maximum atomic E-state index is 14.1. The van der Waals surface area contributed by atoms with Crippen LogP contribution in [0.25, 0.3) is 10.8 Å². The van der Waals surface area contributed by atoms with E-state index in [-0.39, 0.29) is 12.4 Å². The van der Waals surface area contributed by atoms with E-state index in [1.807, 2.05) is 42.5 Å². The third-order valence-electron chi connectivity index (χ3n) is 6.11. The summed E-state index contributed by atoms with van der Waals surface area (Å²) >= 11 is 6.62. The highest BCUT2D eigenvalue weighted by molar-refractivity contribution is 6.33. The highest BCUT2D eigenvalue weighted by Crippen LogP contribution is 2.32. The standard InChI is InChI=1S/C28H26ClFN2O2/c29-25-17-22(10-11-27(25)32-13-15-33-16-14-32)31-18-24-23-7-3-1-5-20(23)9-12-28(24)34-19-21-6-2-4-8-26(21)30/h1-12,17,31H,13-16,18-19H2. The van der Waals surface area contributed by atoms with Crippen LogP contribution in [0.5, 0.6) is 5.75 Å². The molecule has 5 rings (SSSR count). The lowest BCUT2D eigenvalue weighted by atomic mass is 10.0. The Kier molecular flexibility index (Phi) is 6.84. The van der Waals surface area contributed by atoms with Crippen molar-refractivity contribution in [2.24, 2.45) is 0 Å². The van der Waals surface area contributed by atoms with Crippen molar-refractivity contribution < 1.29 is 13.9 Å². The summed E-state index contributed by atoms with van der Waals surface area (Å²) < 4.78 is 25.6. The SMILES string of the molecule is Fc1ccccc1COc1ccc2ccccc2c1CNc1ccc(N2CCOCC2)c(Cl)c1. The van der Waals surface area contributed by atoms with E-state index in [1.54, 1.807) is 12.1 Å². The van der Waals surface area contributed by atoms with Crippen LogP contribution in [0.4, 0.5) is 15.8 Å². The topological polar surface area (TPSA) is 33.7 Å². The van der Waals surface area contributed by atoms with Crippen LogP contribution in [0.1, 0.15) is 11.1 Å². The number of ether oxygens (including phenoxy) is 2. The van der Waals surface area contributed by atoms with Gasteiger partial charge in [-0.1, -0.05) is 60.1 Å². The smallest absolute Gasteiger partial charge is 0.129 e. The highest BCUT2D eigenvalue weighted by Gasteiger charge is 2.15. The van der Waals surface area contributed by atoms with Gasteiger partial charge in [-0.3, -0.25) is 0 Å². The van der Waals surface area contributed by atoms with Crippen molar-refractivity contribution in [1.29, 1.82) is 0 Å². The summed E-state index contributed by atoms with van der Waals surface area (Å²) in [4.78, 5) is 2.25. The van der Waals surface area contributed by atoms with Crippen LogP contribution in [-0.4, -0.2) is 26.3 Å². The first-order chi connectivity index (χ1) is 16.7. The summed E-state index contributed by atoms with van der Waals surface area (Å²) in [5.74, 6) is 0.462. The summed E-state index contributed by atoms with van der Waals surface area (Å²) in [7, 11) is 0. The van der Waals surface area contributed by atoms with E-state index in [4.69, 9.17) is 21.1 Å². The maximum absolute atomic E-state index is 14.1. The zero-order valence-electron chi connectivity index (χ0n) is 18.8. The molecule has 1 N–H and O–H groups in total. The fraction of sp³-hybridized carbons (Fsp3) is 0.214. The summed E-state index contributed by atoms with van der Waals surface area (Å²) in [6.45, 7) is 3.82. The molecule has 0 aliphatic carbocycles. The second-order valence-electron chi connectivity index (χ2n) is 8.26. The van der Waals surface area contributed by atoms with Gasteiger partial charge in [-0.2, -0.15) is 0 Å². The number of nitrogens with zero attached hydrogens (tertiary/aromatic N) is 1. The van der Waals surface area contributed by atoms with E-state index in [1.165, 1.54) is 6.07 Å². The molecule has 1 fully saturated rings. The molecule has 1 aliphatic rings. The average Bonchev–Trinajstić information content (AvgIpc) is 2.87. The Bertz CT molecular complexity index is 1290. The molecule has 0 bridgehead atoms. The Balaban J connectivity index is 1.37. The van der Waals surface area contributed by atoms with Gasteiger partial charge >= 0.3 is 0 Å². The van der Waals surface area contributed by atoms with Gasteiger partial charge in [-0.05, 0) is 41.1 Å². The van der Waals surface area contributed by atoms with E-state index in [2.05, 4.69) is 28.4 Å². The van der Waals surface area contributed by atoms with Gasteiger partial charge in [0.25, 0.3) is 0 Å². The van der Waals surface area contributed by atoms with Crippen LogP contribution in [0.15, 0.2) is 78.9 Å². The lowest BCUT2D eigenvalue weighted by Crippen LogP contribution is -2.36. The zero-order valence-corrected chi connectivity index (χ0v) is 19.5. The van der Waals surface area contributed by atoms with E-state index >= 15 is 0 Å². The summed E-state index contributed by atoms with van der Waals surface area (Å²) in [5, 5.41) is 6.42. The van der Waals surface area contributed by atoms with Gasteiger partial charge in [-0.15, -0.1) is 0 Å². The zero-order chi connectivity index (χ0) is 23.3. The predicted molar refractivity (Wildman–Crippen MR) is 136 cm³/mol. The van der Waals surface area contributed by atoms with Gasteiger partial charge < -0.3 is 19.7 Å². The Labute approximate surface area is 203 Å². The molecule has 1 heterocycles. The largest absolute Gasteiger partial charge is 0.488 e. The Morgan fingerprint density at radius 1 is 0.941 bits per heavy atom. The van der Waals surface area contributed by atoms with Gasteiger partial charge in [0.2, 0.25) is 0 Å². The van der Waals surface area contributed by atoms with Crippen molar-refractivity contribution in [3.05, 3.63) is 101 Å². The maximum Gasteiger partial charge on any atom is 0.129 e. The molecule has 1 saturated heterocycles. The second-order valence-corrected chi connectivity index (χ2v) is 8.67. The van der Waals surface area contributed by atoms with Gasteiger partial charge in [0, 0.05) is 36.4 Å². The predicted octanol–water partition coefficient (Wildman–Crippen LogP) is 6.66. The number of halogens is 2. The third-order valence-corrected chi connectivity index (χ3v) is 6.41. The van der Waals surface area contributed by atoms with Gasteiger partial charge in [0.1, 0.15) is 18.2 Å². The molecule has 34 heavy (non-hydrogen) atoms. The van der Waals surface area contributed by atoms with Crippen molar-refractivity contribution >= 4 is 33.7 Å². The molecule has 1 aliphatic heterocycles. The molecule has 4 nitrogen and oxygen atoms in total. The number of rotatable bonds is 7. The molecule has 0 amide bonds. The van der Waals surface area contributed by atoms with Gasteiger partial charge in [-0.25, -0.2) is 4.39 Å². The minimum Gasteiger partial charge on any atom is -0.488 e. The highest BCUT2D eigenvalue weighted by atomic mass is 35.5. The number of fused-ring (bicyclic) bond motifs is 1. The van der Waals surface area contributed by atoms with Crippen LogP contribution in [0, 0.1) is 5.82 Å². The molecule has 4 aromatic carbocycles. The Hall–Kier alpha value is -3.28. The molecule has 0 aromatic heterocycles. The molecule has 0 spiro atoms. The summed E-state index contributed by atoms with van der Waals surface area (Å²) in [6, 6.07) is 24.9. The fourth-order valence-electron chi connectivity index (χ4n) is 4.27. The average molecular weight is 477 g/mol. The van der Waals surface area contributed by atoms with Crippen LogP contribution < -0.4 is 15.0 Å². The monoisotopic (exact) mass is 476 g/mol. The second kappa shape index (κ2) is 10.3. The quantitative estimate of drug-likeness (QED) is 0.323. The fourth-order valence-corrected chi connectivity index (χ4v) is 4.57. The van der Waals surface area contributed by atoms with Crippen LogP contribution in [-0.2, 0) is 17.9 Å². The van der Waals surface area contributed by atoms with Crippen molar-refractivity contribution in [2.45, 2.75) is 13.2 Å². The first-order valence-corrected chi connectivity index (χ1v) is 11.8. The first-order valence-electron chi connectivity index (χ1n) is 11.4. The molecule has 0 atom stereocenters. The van der Waals surface area contributed by atoms with E-state index < -0.39 is 0 Å². The molecule has 174 valence electrons. The summed E-state index contributed by atoms with van der Waals surface area (Å²) in [6.07, 6.45) is 0. The van der Waals surface area contributed by atoms with E-state index in [0.717, 1.165) is 46.5 Å². The Morgan fingerprint density at radius 3 is 2.56 bits per heavy atom. The lowest BCUT2D eigenvalue weighted by Gasteiger charge is -2.29. The van der Waals surface area contributed by atoms with Crippen LogP contribution >= 0.6 is 11.6 Å². The van der Waals surface area contributed by atoms with E-state index in [9.17, 15) is 4.39 Å². The minimum atomic E-state index is -0.266. The summed E-state index contributed by atoms with van der Waals surface area (Å²) in [5.41, 5.74) is 3.49. The first kappa shape index (κ1) is 22.5. The van der Waals surface area contributed by atoms with Crippen LogP contribution in [0.2, 0.25) is 5.02 Å². The molecule has 0 radical (unpaired) electrons. The van der Waals surface area contributed by atoms with E-state index in [0.29, 0.717) is 30.3 Å². The van der Waals surface area contributed by atoms with Crippen molar-refractivity contribution in [3.63, 3.8) is 0 Å². The number of benzene rings is 4. The van der Waals surface area contributed by atoms with Gasteiger partial charge in [0.05, 0.1) is 23.9 Å². The van der Waals surface area contributed by atoms with Crippen LogP contribution in [0.3, 0.4) is 0 Å². The molecule has 0 saturated carbocycles. The number of nitrogens with one attached hydrogen (secondary N) is 1. The third kappa shape index (κ3) is 4.96. The number of hydrogen-bond acceptors (Lipinski definition) is 4. The molecule has 0 unspecified atom stereocenters. The number of hydrogen-bond donors (Lipinski definition) is 1. The lowest BCUT2D eigenvalue weighted by molar-refractivity contribution is 0.122. The minimum absolute atomic E-state index is 0.165. The molecule has 4 aromatic rings. The number of anilines is 2. The van der Waals surface area contributed by atoms with Crippen molar-refractivity contribution in [1.82, 2.24) is 0 Å². The number of morpholine rings is 1. The molecule has 6 heteroatoms. The normalized spacial score (nSPS) is 13.8. The Morgan fingerprint density at radius 2 is 1.74 bits per heavy atom. The van der Waals surface area contributed by atoms with Crippen molar-refractivity contribution in [2.75, 3.05) is 36.5 Å². The molecular weight excluding hydrogens is 451 g/mol. The van der Waals surface area contributed by atoms with Crippen molar-refractivity contribution in [3.8, 4) is 5.75 Å². The van der Waals surface area contributed by atoms with Gasteiger partial charge in [0.15, 0.2) is 0 Å².